The average molecular weight is 434 g/mol. The van der Waals surface area contributed by atoms with Crippen LogP contribution in [-0.2, 0) is 4.79 Å². The van der Waals surface area contributed by atoms with Crippen molar-refractivity contribution in [1.29, 1.82) is 5.26 Å². The van der Waals surface area contributed by atoms with Gasteiger partial charge in [-0.25, -0.2) is 4.68 Å². The van der Waals surface area contributed by atoms with Crippen molar-refractivity contribution in [1.82, 2.24) is 9.78 Å². The van der Waals surface area contributed by atoms with Crippen LogP contribution in [-0.4, -0.2) is 22.8 Å². The molecule has 1 aromatic heterocycles. The molecule has 0 saturated heterocycles. The summed E-state index contributed by atoms with van der Waals surface area (Å²) in [6, 6.07) is 26.7. The Bertz CT molecular complexity index is 1350. The summed E-state index contributed by atoms with van der Waals surface area (Å²) < 4.78 is 7.03. The van der Waals surface area contributed by atoms with Gasteiger partial charge in [0.1, 0.15) is 17.4 Å². The molecule has 1 N–H and O–H groups in total. The molecule has 1 heterocycles. The Labute approximate surface area is 192 Å². The first-order chi connectivity index (χ1) is 16.1. The van der Waals surface area contributed by atoms with Crippen LogP contribution in [0.15, 0.2) is 90.6 Å². The van der Waals surface area contributed by atoms with Crippen LogP contribution in [0.5, 0.6) is 5.75 Å². The molecule has 6 heteroatoms. The normalized spacial score (nSPS) is 11.0. The lowest BCUT2D eigenvalue weighted by molar-refractivity contribution is -0.112. The maximum Gasteiger partial charge on any atom is 0.266 e. The lowest BCUT2D eigenvalue weighted by Crippen LogP contribution is -2.14. The van der Waals surface area contributed by atoms with E-state index in [1.54, 1.807) is 35.0 Å². The van der Waals surface area contributed by atoms with Crippen LogP contribution in [0.3, 0.4) is 0 Å². The quantitative estimate of drug-likeness (QED) is 0.325. The van der Waals surface area contributed by atoms with Crippen LogP contribution in [0.2, 0.25) is 0 Å². The number of nitriles is 1. The van der Waals surface area contributed by atoms with Gasteiger partial charge >= 0.3 is 0 Å². The van der Waals surface area contributed by atoms with Crippen LogP contribution >= 0.6 is 0 Å². The molecule has 4 aromatic rings. The molecule has 6 nitrogen and oxygen atoms in total. The van der Waals surface area contributed by atoms with E-state index in [0.717, 1.165) is 16.8 Å². The van der Waals surface area contributed by atoms with Crippen LogP contribution < -0.4 is 10.1 Å². The topological polar surface area (TPSA) is 79.9 Å². The van der Waals surface area contributed by atoms with Gasteiger partial charge < -0.3 is 10.1 Å². The highest BCUT2D eigenvalue weighted by Crippen LogP contribution is 2.27. The molecule has 0 aliphatic rings. The molecule has 4 rings (SSSR count). The summed E-state index contributed by atoms with van der Waals surface area (Å²) in [4.78, 5) is 12.9. The van der Waals surface area contributed by atoms with Crippen LogP contribution in [0, 0.1) is 18.3 Å². The number of benzene rings is 3. The van der Waals surface area contributed by atoms with Gasteiger partial charge in [0, 0.05) is 17.3 Å². The fourth-order valence-electron chi connectivity index (χ4n) is 3.38. The van der Waals surface area contributed by atoms with Crippen LogP contribution in [0.1, 0.15) is 11.1 Å². The lowest BCUT2D eigenvalue weighted by atomic mass is 10.0. The molecule has 0 unspecified atom stereocenters. The minimum Gasteiger partial charge on any atom is -0.495 e. The van der Waals surface area contributed by atoms with E-state index in [1.807, 2.05) is 73.8 Å². The maximum atomic E-state index is 12.9. The number of nitrogens with zero attached hydrogens (tertiary/aromatic N) is 3. The molecule has 1 amide bonds. The third kappa shape index (κ3) is 4.83. The first-order valence-electron chi connectivity index (χ1n) is 10.4. The number of anilines is 1. The summed E-state index contributed by atoms with van der Waals surface area (Å²) in [5.41, 5.74) is 4.69. The first-order valence-corrected chi connectivity index (χ1v) is 10.4. The summed E-state index contributed by atoms with van der Waals surface area (Å²) in [7, 11) is 1.53. The number of carbonyl (C=O) groups is 1. The van der Waals surface area contributed by atoms with Gasteiger partial charge in [0.2, 0.25) is 0 Å². The Hall–Kier alpha value is -4.63. The van der Waals surface area contributed by atoms with Crippen molar-refractivity contribution in [3.05, 3.63) is 102 Å². The predicted molar refractivity (Wildman–Crippen MR) is 129 cm³/mol. The van der Waals surface area contributed by atoms with E-state index in [0.29, 0.717) is 22.7 Å². The van der Waals surface area contributed by atoms with Crippen LogP contribution in [0.4, 0.5) is 5.69 Å². The monoisotopic (exact) mass is 434 g/mol. The van der Waals surface area contributed by atoms with E-state index in [1.165, 1.54) is 7.11 Å². The van der Waals surface area contributed by atoms with Crippen molar-refractivity contribution in [3.8, 4) is 28.8 Å². The SMILES string of the molecule is COc1ccccc1NC(=O)/C(C#N)=C/c1cn(-c2ccccc2)nc1-c1ccc(C)cc1. The van der Waals surface area contributed by atoms with Gasteiger partial charge in [-0.05, 0) is 37.3 Å². The molecule has 0 aliphatic carbocycles. The third-order valence-electron chi connectivity index (χ3n) is 5.11. The van der Waals surface area contributed by atoms with Gasteiger partial charge in [0.15, 0.2) is 0 Å². The number of hydrogen-bond acceptors (Lipinski definition) is 4. The standard InChI is InChI=1S/C27H22N4O2/c1-19-12-14-20(15-13-19)26-22(18-31(30-26)23-8-4-3-5-9-23)16-21(17-28)27(32)29-24-10-6-7-11-25(24)33-2/h3-16,18H,1-2H3,(H,29,32)/b21-16+. The summed E-state index contributed by atoms with van der Waals surface area (Å²) in [5.74, 6) is -0.00954. The zero-order valence-electron chi connectivity index (χ0n) is 18.3. The van der Waals surface area contributed by atoms with Crippen molar-refractivity contribution in [2.75, 3.05) is 12.4 Å². The summed E-state index contributed by atoms with van der Waals surface area (Å²) in [6.45, 7) is 2.02. The number of para-hydroxylation sites is 3. The Kier molecular flexibility index (Phi) is 6.33. The molecule has 0 radical (unpaired) electrons. The smallest absolute Gasteiger partial charge is 0.266 e. The highest BCUT2D eigenvalue weighted by atomic mass is 16.5. The Morgan fingerprint density at radius 3 is 2.42 bits per heavy atom. The molecule has 3 aromatic carbocycles. The zero-order valence-corrected chi connectivity index (χ0v) is 18.3. The number of amides is 1. The molecule has 0 saturated carbocycles. The summed E-state index contributed by atoms with van der Waals surface area (Å²) >= 11 is 0. The fraction of sp³-hybridized carbons (Fsp3) is 0.0741. The number of hydrogen-bond donors (Lipinski definition) is 1. The van der Waals surface area contributed by atoms with E-state index in [9.17, 15) is 10.1 Å². The largest absolute Gasteiger partial charge is 0.495 e. The Morgan fingerprint density at radius 1 is 1.03 bits per heavy atom. The molecule has 0 fully saturated rings. The van der Waals surface area contributed by atoms with Crippen molar-refractivity contribution >= 4 is 17.7 Å². The highest BCUT2D eigenvalue weighted by molar-refractivity contribution is 6.10. The molecule has 0 spiro atoms. The number of methoxy groups -OCH3 is 1. The van der Waals surface area contributed by atoms with Gasteiger partial charge in [0.05, 0.1) is 24.2 Å². The lowest BCUT2D eigenvalue weighted by Gasteiger charge is -2.09. The third-order valence-corrected chi connectivity index (χ3v) is 5.11. The number of ether oxygens (including phenoxy) is 1. The molecule has 0 aliphatic heterocycles. The minimum absolute atomic E-state index is 0.0399. The second-order valence-electron chi connectivity index (χ2n) is 7.40. The highest BCUT2D eigenvalue weighted by Gasteiger charge is 2.16. The van der Waals surface area contributed by atoms with Gasteiger partial charge in [-0.15, -0.1) is 0 Å². The molecule has 162 valence electrons. The van der Waals surface area contributed by atoms with E-state index < -0.39 is 5.91 Å². The van der Waals surface area contributed by atoms with Gasteiger partial charge in [0.25, 0.3) is 5.91 Å². The maximum absolute atomic E-state index is 12.9. The summed E-state index contributed by atoms with van der Waals surface area (Å²) in [6.07, 6.45) is 3.38. The van der Waals surface area contributed by atoms with Crippen molar-refractivity contribution in [3.63, 3.8) is 0 Å². The van der Waals surface area contributed by atoms with E-state index >= 15 is 0 Å². The Morgan fingerprint density at radius 2 is 1.73 bits per heavy atom. The molecule has 0 bridgehead atoms. The number of nitrogens with one attached hydrogen (secondary N) is 1. The number of carbonyl (C=O) groups excluding carboxylic acids is 1. The second-order valence-corrected chi connectivity index (χ2v) is 7.40. The van der Waals surface area contributed by atoms with Crippen molar-refractivity contribution in [2.45, 2.75) is 6.92 Å². The molecular weight excluding hydrogens is 412 g/mol. The number of rotatable bonds is 6. The van der Waals surface area contributed by atoms with Crippen LogP contribution in [0.25, 0.3) is 23.0 Å². The zero-order chi connectivity index (χ0) is 23.2. The molecule has 0 atom stereocenters. The molecule has 33 heavy (non-hydrogen) atoms. The van der Waals surface area contributed by atoms with Gasteiger partial charge in [-0.1, -0.05) is 60.2 Å². The second kappa shape index (κ2) is 9.67. The van der Waals surface area contributed by atoms with Gasteiger partial charge in [-0.2, -0.15) is 10.4 Å². The average Bonchev–Trinajstić information content (AvgIpc) is 3.27. The minimum atomic E-state index is -0.524. The number of aromatic nitrogens is 2. The fourth-order valence-corrected chi connectivity index (χ4v) is 3.38. The van der Waals surface area contributed by atoms with E-state index in [-0.39, 0.29) is 5.57 Å². The first kappa shape index (κ1) is 21.6. The van der Waals surface area contributed by atoms with E-state index in [4.69, 9.17) is 9.84 Å². The number of aryl methyl sites for hydroxylation is 1. The van der Waals surface area contributed by atoms with Crippen molar-refractivity contribution in [2.24, 2.45) is 0 Å². The Balaban J connectivity index is 1.75. The molecular formula is C27H22N4O2. The summed E-state index contributed by atoms with van der Waals surface area (Å²) in [5, 5.41) is 17.3. The van der Waals surface area contributed by atoms with Gasteiger partial charge in [-0.3, -0.25) is 4.79 Å². The van der Waals surface area contributed by atoms with E-state index in [2.05, 4.69) is 5.32 Å². The van der Waals surface area contributed by atoms with Crippen molar-refractivity contribution < 1.29 is 9.53 Å². The predicted octanol–water partition coefficient (Wildman–Crippen LogP) is 5.40.